The predicted molar refractivity (Wildman–Crippen MR) is 54.9 cm³/mol. The van der Waals surface area contributed by atoms with Crippen LogP contribution in [0.5, 0.6) is 0 Å². The summed E-state index contributed by atoms with van der Waals surface area (Å²) in [6.45, 7) is 0. The molecule has 1 aromatic carbocycles. The topological polar surface area (TPSA) is 64.7 Å². The van der Waals surface area contributed by atoms with Crippen molar-refractivity contribution in [2.24, 2.45) is 0 Å². The van der Waals surface area contributed by atoms with Gasteiger partial charge in [0.1, 0.15) is 17.7 Å². The third kappa shape index (κ3) is 1.41. The molecular formula is C11H4N2OS. The summed E-state index contributed by atoms with van der Waals surface area (Å²) in [4.78, 5) is 12.8. The third-order valence-corrected chi connectivity index (χ3v) is 3.17. The molecule has 4 heteroatoms. The van der Waals surface area contributed by atoms with Crippen LogP contribution in [0.4, 0.5) is 0 Å². The molecule has 0 aliphatic carbocycles. The van der Waals surface area contributed by atoms with Crippen molar-refractivity contribution in [1.82, 2.24) is 0 Å². The average molecular weight is 212 g/mol. The lowest BCUT2D eigenvalue weighted by Crippen LogP contribution is -1.96. The summed E-state index contributed by atoms with van der Waals surface area (Å²) in [5, 5.41) is 17.4. The fraction of sp³-hybridized carbons (Fsp3) is 0. The van der Waals surface area contributed by atoms with Crippen LogP contribution in [0.2, 0.25) is 0 Å². The van der Waals surface area contributed by atoms with Gasteiger partial charge in [0.05, 0.1) is 4.91 Å². The molecule has 70 valence electrons. The van der Waals surface area contributed by atoms with E-state index in [0.29, 0.717) is 5.56 Å². The summed E-state index contributed by atoms with van der Waals surface area (Å²) in [6.07, 6.45) is 0. The van der Waals surface area contributed by atoms with E-state index < -0.39 is 0 Å². The fourth-order valence-corrected chi connectivity index (χ4v) is 2.35. The van der Waals surface area contributed by atoms with E-state index in [2.05, 4.69) is 0 Å². The molecule has 1 aromatic rings. The van der Waals surface area contributed by atoms with Crippen LogP contribution in [0, 0.1) is 22.7 Å². The van der Waals surface area contributed by atoms with Gasteiger partial charge in [-0.3, -0.25) is 4.79 Å². The third-order valence-electron chi connectivity index (χ3n) is 2.00. The van der Waals surface area contributed by atoms with Crippen molar-refractivity contribution >= 4 is 17.5 Å². The van der Waals surface area contributed by atoms with Crippen LogP contribution in [0.25, 0.3) is 0 Å². The fourth-order valence-electron chi connectivity index (χ4n) is 1.31. The SMILES string of the molecule is N#CC(C#N)=C1Sc2ccccc2C1=O. The molecule has 0 saturated carbocycles. The van der Waals surface area contributed by atoms with Gasteiger partial charge in [-0.25, -0.2) is 0 Å². The van der Waals surface area contributed by atoms with Crippen LogP contribution < -0.4 is 0 Å². The summed E-state index contributed by atoms with van der Waals surface area (Å²) in [7, 11) is 0. The summed E-state index contributed by atoms with van der Waals surface area (Å²) in [5.74, 6) is -0.228. The number of nitriles is 2. The van der Waals surface area contributed by atoms with Crippen LogP contribution >= 0.6 is 11.8 Å². The first-order chi connectivity index (χ1) is 7.27. The summed E-state index contributed by atoms with van der Waals surface area (Å²) in [5.41, 5.74) is 0.460. The molecule has 0 saturated heterocycles. The van der Waals surface area contributed by atoms with Crippen LogP contribution in [-0.4, -0.2) is 5.78 Å². The lowest BCUT2D eigenvalue weighted by Gasteiger charge is -1.90. The highest BCUT2D eigenvalue weighted by molar-refractivity contribution is 8.04. The number of benzene rings is 1. The second-order valence-corrected chi connectivity index (χ2v) is 3.91. The largest absolute Gasteiger partial charge is 0.288 e. The first-order valence-corrected chi connectivity index (χ1v) is 4.95. The van der Waals surface area contributed by atoms with Crippen molar-refractivity contribution in [3.63, 3.8) is 0 Å². The van der Waals surface area contributed by atoms with Crippen LogP contribution in [0.15, 0.2) is 39.6 Å². The number of Topliss-reactive ketones (excluding diaryl/α,β-unsaturated/α-hetero) is 1. The van der Waals surface area contributed by atoms with Gasteiger partial charge in [-0.2, -0.15) is 10.5 Å². The smallest absolute Gasteiger partial charge is 0.202 e. The number of hydrogen-bond donors (Lipinski definition) is 0. The standard InChI is InChI=1S/C11H4N2OS/c12-5-7(6-13)11-10(14)8-3-1-2-4-9(8)15-11/h1-4H. The van der Waals surface area contributed by atoms with Crippen molar-refractivity contribution in [2.45, 2.75) is 4.90 Å². The second-order valence-electron chi connectivity index (χ2n) is 2.86. The van der Waals surface area contributed by atoms with E-state index in [1.807, 2.05) is 6.07 Å². The van der Waals surface area contributed by atoms with E-state index in [1.54, 1.807) is 30.3 Å². The monoisotopic (exact) mass is 212 g/mol. The minimum absolute atomic E-state index is 0.110. The van der Waals surface area contributed by atoms with E-state index in [4.69, 9.17) is 10.5 Å². The molecule has 0 atom stereocenters. The molecule has 0 spiro atoms. The van der Waals surface area contributed by atoms with Crippen molar-refractivity contribution in [3.8, 4) is 12.1 Å². The van der Waals surface area contributed by atoms with E-state index in [-0.39, 0.29) is 16.3 Å². The molecule has 3 nitrogen and oxygen atoms in total. The molecule has 2 rings (SSSR count). The molecular weight excluding hydrogens is 208 g/mol. The molecule has 15 heavy (non-hydrogen) atoms. The Bertz CT molecular complexity index is 545. The Morgan fingerprint density at radius 2 is 1.87 bits per heavy atom. The highest BCUT2D eigenvalue weighted by atomic mass is 32.2. The van der Waals surface area contributed by atoms with Gasteiger partial charge >= 0.3 is 0 Å². The molecule has 0 bridgehead atoms. The number of fused-ring (bicyclic) bond motifs is 1. The number of allylic oxidation sites excluding steroid dienone is 2. The number of ketones is 1. The molecule has 0 radical (unpaired) electrons. The first kappa shape index (κ1) is 9.51. The second kappa shape index (κ2) is 3.61. The Morgan fingerprint density at radius 3 is 2.47 bits per heavy atom. The number of thioether (sulfide) groups is 1. The number of nitrogens with zero attached hydrogens (tertiary/aromatic N) is 2. The van der Waals surface area contributed by atoms with Crippen molar-refractivity contribution in [2.75, 3.05) is 0 Å². The van der Waals surface area contributed by atoms with Gasteiger partial charge in [0.25, 0.3) is 0 Å². The zero-order valence-corrected chi connectivity index (χ0v) is 8.34. The molecule has 1 heterocycles. The van der Waals surface area contributed by atoms with E-state index in [0.717, 1.165) is 4.90 Å². The van der Waals surface area contributed by atoms with Gasteiger partial charge in [-0.05, 0) is 12.1 Å². The minimum atomic E-state index is -0.228. The van der Waals surface area contributed by atoms with Gasteiger partial charge in [-0.1, -0.05) is 23.9 Å². The number of hydrogen-bond acceptors (Lipinski definition) is 4. The van der Waals surface area contributed by atoms with Crippen molar-refractivity contribution < 1.29 is 4.79 Å². The van der Waals surface area contributed by atoms with Gasteiger partial charge in [0, 0.05) is 10.5 Å². The molecule has 0 N–H and O–H groups in total. The molecule has 0 fully saturated rings. The highest BCUT2D eigenvalue weighted by Crippen LogP contribution is 2.40. The van der Waals surface area contributed by atoms with Crippen molar-refractivity contribution in [3.05, 3.63) is 40.3 Å². The lowest BCUT2D eigenvalue weighted by molar-refractivity contribution is 0.104. The Morgan fingerprint density at radius 1 is 1.20 bits per heavy atom. The van der Waals surface area contributed by atoms with Crippen LogP contribution in [0.3, 0.4) is 0 Å². The normalized spacial score (nSPS) is 12.9. The first-order valence-electron chi connectivity index (χ1n) is 4.14. The van der Waals surface area contributed by atoms with E-state index in [9.17, 15) is 4.79 Å². The zero-order chi connectivity index (χ0) is 10.8. The number of rotatable bonds is 0. The maximum Gasteiger partial charge on any atom is 0.202 e. The summed E-state index contributed by atoms with van der Waals surface area (Å²) < 4.78 is 0. The van der Waals surface area contributed by atoms with Crippen LogP contribution in [-0.2, 0) is 0 Å². The Labute approximate surface area is 90.6 Å². The minimum Gasteiger partial charge on any atom is -0.288 e. The van der Waals surface area contributed by atoms with Gasteiger partial charge in [-0.15, -0.1) is 0 Å². The average Bonchev–Trinajstić information content (AvgIpc) is 2.60. The molecule has 0 aromatic heterocycles. The Hall–Kier alpha value is -2.04. The lowest BCUT2D eigenvalue weighted by atomic mass is 10.1. The predicted octanol–water partition coefficient (Wildman–Crippen LogP) is 2.28. The molecule has 0 amide bonds. The quantitative estimate of drug-likeness (QED) is 0.488. The molecule has 0 unspecified atom stereocenters. The molecule has 1 aliphatic rings. The van der Waals surface area contributed by atoms with Gasteiger partial charge in [0.15, 0.2) is 0 Å². The summed E-state index contributed by atoms with van der Waals surface area (Å²) in [6, 6.07) is 10.6. The van der Waals surface area contributed by atoms with Gasteiger partial charge < -0.3 is 0 Å². The van der Waals surface area contributed by atoms with Crippen molar-refractivity contribution in [1.29, 1.82) is 10.5 Å². The molecule has 1 aliphatic heterocycles. The zero-order valence-electron chi connectivity index (χ0n) is 7.52. The maximum absolute atomic E-state index is 11.8. The Kier molecular flexibility index (Phi) is 2.29. The summed E-state index contributed by atoms with van der Waals surface area (Å²) >= 11 is 1.19. The Balaban J connectivity index is 2.59. The van der Waals surface area contributed by atoms with E-state index in [1.165, 1.54) is 11.8 Å². The number of carbonyl (C=O) groups is 1. The number of carbonyl (C=O) groups excluding carboxylic acids is 1. The van der Waals surface area contributed by atoms with E-state index >= 15 is 0 Å². The highest BCUT2D eigenvalue weighted by Gasteiger charge is 2.28. The van der Waals surface area contributed by atoms with Gasteiger partial charge in [0.2, 0.25) is 5.78 Å². The maximum atomic E-state index is 11.8. The van der Waals surface area contributed by atoms with Crippen LogP contribution in [0.1, 0.15) is 10.4 Å².